The third-order valence-corrected chi connectivity index (χ3v) is 2.69. The second-order valence-corrected chi connectivity index (χ2v) is 4.24. The number of nitrogens with two attached hydrogens (primary N) is 1. The Morgan fingerprint density at radius 3 is 2.69 bits per heavy atom. The van der Waals surface area contributed by atoms with Crippen LogP contribution in [0.1, 0.15) is 25.8 Å². The molecule has 1 aromatic heterocycles. The van der Waals surface area contributed by atoms with Gasteiger partial charge in [0.05, 0.1) is 0 Å². The van der Waals surface area contributed by atoms with E-state index in [-0.39, 0.29) is 12.6 Å². The van der Waals surface area contributed by atoms with E-state index in [4.69, 9.17) is 10.8 Å². The molecule has 16 heavy (non-hydrogen) atoms. The summed E-state index contributed by atoms with van der Waals surface area (Å²) in [6.07, 6.45) is 2.14. The first-order chi connectivity index (χ1) is 7.56. The summed E-state index contributed by atoms with van der Waals surface area (Å²) in [5.41, 5.74) is 6.56. The van der Waals surface area contributed by atoms with Gasteiger partial charge in [-0.25, -0.2) is 9.97 Å². The van der Waals surface area contributed by atoms with Gasteiger partial charge in [0.25, 0.3) is 0 Å². The van der Waals surface area contributed by atoms with E-state index < -0.39 is 0 Å². The molecule has 0 aromatic carbocycles. The number of aliphatic hydroxyl groups is 1. The van der Waals surface area contributed by atoms with Gasteiger partial charge in [-0.15, -0.1) is 0 Å². The van der Waals surface area contributed by atoms with E-state index in [2.05, 4.69) is 29.1 Å². The molecule has 0 amide bonds. The van der Waals surface area contributed by atoms with Crippen molar-refractivity contribution in [3.8, 4) is 0 Å². The Bertz CT molecular complexity index is 341. The predicted octanol–water partition coefficient (Wildman–Crippen LogP) is 1.19. The fourth-order valence-corrected chi connectivity index (χ4v) is 1.50. The van der Waals surface area contributed by atoms with Gasteiger partial charge in [-0.1, -0.05) is 13.8 Å². The summed E-state index contributed by atoms with van der Waals surface area (Å²) < 4.78 is 0. The highest BCUT2D eigenvalue weighted by atomic mass is 16.3. The van der Waals surface area contributed by atoms with Crippen LogP contribution in [-0.2, 0) is 0 Å². The van der Waals surface area contributed by atoms with Crippen molar-refractivity contribution in [2.24, 2.45) is 5.92 Å². The fourth-order valence-electron chi connectivity index (χ4n) is 1.50. The van der Waals surface area contributed by atoms with E-state index in [1.807, 2.05) is 6.92 Å². The molecule has 0 aliphatic rings. The predicted molar refractivity (Wildman–Crippen MR) is 65.1 cm³/mol. The standard InChI is InChI=1S/C11H20N4O/c1-7(2)9(4-5-16)15-11-8(3)10(12)13-6-14-11/h6-7,9,16H,4-5H2,1-3H3,(H3,12,13,14,15). The van der Waals surface area contributed by atoms with Crippen LogP contribution < -0.4 is 11.1 Å². The van der Waals surface area contributed by atoms with E-state index in [0.717, 1.165) is 11.4 Å². The minimum atomic E-state index is 0.162. The maximum absolute atomic E-state index is 8.99. The molecule has 0 aliphatic heterocycles. The molecule has 0 spiro atoms. The number of nitrogen functional groups attached to an aromatic ring is 1. The average Bonchev–Trinajstić information content (AvgIpc) is 2.23. The maximum atomic E-state index is 8.99. The van der Waals surface area contributed by atoms with E-state index in [0.29, 0.717) is 18.2 Å². The van der Waals surface area contributed by atoms with Crippen molar-refractivity contribution in [3.05, 3.63) is 11.9 Å². The molecule has 4 N–H and O–H groups in total. The van der Waals surface area contributed by atoms with Gasteiger partial charge in [-0.05, 0) is 19.3 Å². The number of hydrogen-bond acceptors (Lipinski definition) is 5. The molecule has 5 nitrogen and oxygen atoms in total. The highest BCUT2D eigenvalue weighted by Gasteiger charge is 2.14. The van der Waals surface area contributed by atoms with Crippen molar-refractivity contribution >= 4 is 11.6 Å². The van der Waals surface area contributed by atoms with Crippen molar-refractivity contribution < 1.29 is 5.11 Å². The van der Waals surface area contributed by atoms with E-state index in [1.54, 1.807) is 0 Å². The summed E-state index contributed by atoms with van der Waals surface area (Å²) in [7, 11) is 0. The molecule has 1 unspecified atom stereocenters. The number of nitrogens with one attached hydrogen (secondary N) is 1. The molecule has 0 bridgehead atoms. The van der Waals surface area contributed by atoms with Crippen LogP contribution in [0.15, 0.2) is 6.33 Å². The zero-order valence-corrected chi connectivity index (χ0v) is 10.1. The van der Waals surface area contributed by atoms with Gasteiger partial charge < -0.3 is 16.2 Å². The van der Waals surface area contributed by atoms with Crippen LogP contribution in [-0.4, -0.2) is 27.7 Å². The molecule has 0 radical (unpaired) electrons. The topological polar surface area (TPSA) is 84.1 Å². The molecule has 0 saturated heterocycles. The minimum Gasteiger partial charge on any atom is -0.396 e. The largest absolute Gasteiger partial charge is 0.396 e. The highest BCUT2D eigenvalue weighted by Crippen LogP contribution is 2.19. The highest BCUT2D eigenvalue weighted by molar-refractivity contribution is 5.54. The van der Waals surface area contributed by atoms with E-state index >= 15 is 0 Å². The molecule has 0 aliphatic carbocycles. The molecule has 5 heteroatoms. The first-order valence-corrected chi connectivity index (χ1v) is 5.50. The van der Waals surface area contributed by atoms with Crippen LogP contribution in [0.5, 0.6) is 0 Å². The normalized spacial score (nSPS) is 12.8. The number of rotatable bonds is 5. The third-order valence-electron chi connectivity index (χ3n) is 2.69. The Balaban J connectivity index is 2.81. The Kier molecular flexibility index (Phi) is 4.49. The number of hydrogen-bond donors (Lipinski definition) is 3. The molecule has 0 saturated carbocycles. The zero-order valence-electron chi connectivity index (χ0n) is 10.1. The van der Waals surface area contributed by atoms with Gasteiger partial charge in [0, 0.05) is 18.2 Å². The van der Waals surface area contributed by atoms with E-state index in [9.17, 15) is 0 Å². The average molecular weight is 224 g/mol. The third kappa shape index (κ3) is 3.06. The Labute approximate surface area is 96.1 Å². The molecule has 1 heterocycles. The van der Waals surface area contributed by atoms with Gasteiger partial charge in [-0.3, -0.25) is 0 Å². The molecule has 90 valence electrons. The first-order valence-electron chi connectivity index (χ1n) is 5.50. The summed E-state index contributed by atoms with van der Waals surface area (Å²) in [4.78, 5) is 8.07. The monoisotopic (exact) mass is 224 g/mol. The van der Waals surface area contributed by atoms with Crippen molar-refractivity contribution in [3.63, 3.8) is 0 Å². The second-order valence-electron chi connectivity index (χ2n) is 4.24. The summed E-state index contributed by atoms with van der Waals surface area (Å²) in [5.74, 6) is 1.66. The number of anilines is 2. The Morgan fingerprint density at radius 2 is 2.12 bits per heavy atom. The van der Waals surface area contributed by atoms with Gasteiger partial charge >= 0.3 is 0 Å². The fraction of sp³-hybridized carbons (Fsp3) is 0.636. The van der Waals surface area contributed by atoms with Crippen LogP contribution in [0.3, 0.4) is 0 Å². The minimum absolute atomic E-state index is 0.162. The quantitative estimate of drug-likeness (QED) is 0.699. The lowest BCUT2D eigenvalue weighted by molar-refractivity contribution is 0.267. The van der Waals surface area contributed by atoms with Crippen molar-refractivity contribution in [1.29, 1.82) is 0 Å². The molecule has 1 rings (SSSR count). The van der Waals surface area contributed by atoms with Crippen LogP contribution in [0, 0.1) is 12.8 Å². The molecule has 1 atom stereocenters. The van der Waals surface area contributed by atoms with Crippen molar-refractivity contribution in [2.75, 3.05) is 17.7 Å². The summed E-state index contributed by atoms with van der Waals surface area (Å²) >= 11 is 0. The second kappa shape index (κ2) is 5.65. The Hall–Kier alpha value is -1.36. The lowest BCUT2D eigenvalue weighted by Crippen LogP contribution is -2.27. The lowest BCUT2D eigenvalue weighted by atomic mass is 10.0. The van der Waals surface area contributed by atoms with Gasteiger partial charge in [0.1, 0.15) is 18.0 Å². The first kappa shape index (κ1) is 12.7. The van der Waals surface area contributed by atoms with E-state index in [1.165, 1.54) is 6.33 Å². The van der Waals surface area contributed by atoms with Crippen molar-refractivity contribution in [2.45, 2.75) is 33.2 Å². The zero-order chi connectivity index (χ0) is 12.1. The van der Waals surface area contributed by atoms with Crippen molar-refractivity contribution in [1.82, 2.24) is 9.97 Å². The molecular formula is C11H20N4O. The SMILES string of the molecule is Cc1c(N)ncnc1NC(CCO)C(C)C. The van der Waals surface area contributed by atoms with Crippen LogP contribution in [0.4, 0.5) is 11.6 Å². The smallest absolute Gasteiger partial charge is 0.134 e. The summed E-state index contributed by atoms with van der Waals surface area (Å²) in [6.45, 7) is 6.25. The number of aromatic nitrogens is 2. The van der Waals surface area contributed by atoms with Crippen LogP contribution >= 0.6 is 0 Å². The lowest BCUT2D eigenvalue weighted by Gasteiger charge is -2.23. The summed E-state index contributed by atoms with van der Waals surface area (Å²) in [5, 5.41) is 12.3. The maximum Gasteiger partial charge on any atom is 0.134 e. The van der Waals surface area contributed by atoms with Gasteiger partial charge in [0.15, 0.2) is 0 Å². The van der Waals surface area contributed by atoms with Crippen LogP contribution in [0.2, 0.25) is 0 Å². The summed E-state index contributed by atoms with van der Waals surface area (Å²) in [6, 6.07) is 0.193. The number of nitrogens with zero attached hydrogens (tertiary/aromatic N) is 2. The number of aliphatic hydroxyl groups excluding tert-OH is 1. The van der Waals surface area contributed by atoms with Crippen LogP contribution in [0.25, 0.3) is 0 Å². The molecular weight excluding hydrogens is 204 g/mol. The molecule has 1 aromatic rings. The van der Waals surface area contributed by atoms with Gasteiger partial charge in [-0.2, -0.15) is 0 Å². The van der Waals surface area contributed by atoms with Gasteiger partial charge in [0.2, 0.25) is 0 Å². The Morgan fingerprint density at radius 1 is 1.44 bits per heavy atom. The molecule has 0 fully saturated rings.